The van der Waals surface area contributed by atoms with Crippen LogP contribution >= 0.6 is 11.3 Å². The molecule has 0 bridgehead atoms. The Morgan fingerprint density at radius 3 is 2.38 bits per heavy atom. The number of pyridine rings is 2. The van der Waals surface area contributed by atoms with E-state index in [4.69, 9.17) is 4.74 Å². The molecular formula is C29H31N5O6S2. The average Bonchev–Trinajstić information content (AvgIpc) is 3.51. The minimum absolute atomic E-state index is 0.0996. The van der Waals surface area contributed by atoms with E-state index in [1.165, 1.54) is 35.7 Å². The molecule has 2 atom stereocenters. The van der Waals surface area contributed by atoms with Gasteiger partial charge in [-0.25, -0.2) is 28.2 Å². The van der Waals surface area contributed by atoms with E-state index in [-0.39, 0.29) is 23.1 Å². The SMILES string of the molecule is CC(C)(C)C(=O)OCC(Nc1cccc(C(NCc2ccc(-c3nccs3)cc2)S(=O)(=O)c2ccccn2)n1)C(=O)O. The first kappa shape index (κ1) is 30.8. The number of thiazole rings is 1. The second-order valence-corrected chi connectivity index (χ2v) is 13.2. The van der Waals surface area contributed by atoms with Crippen LogP contribution in [0.2, 0.25) is 0 Å². The molecular weight excluding hydrogens is 578 g/mol. The first-order valence-electron chi connectivity index (χ1n) is 13.0. The lowest BCUT2D eigenvalue weighted by Crippen LogP contribution is -2.37. The topological polar surface area (TPSA) is 160 Å². The van der Waals surface area contributed by atoms with Crippen molar-refractivity contribution in [2.24, 2.45) is 5.41 Å². The van der Waals surface area contributed by atoms with Crippen molar-refractivity contribution in [1.29, 1.82) is 0 Å². The lowest BCUT2D eigenvalue weighted by atomic mass is 9.97. The molecule has 0 aliphatic heterocycles. The minimum Gasteiger partial charge on any atom is -0.480 e. The normalized spacial score (nSPS) is 13.2. The number of hydrogen-bond donors (Lipinski definition) is 3. The van der Waals surface area contributed by atoms with Gasteiger partial charge in [0.15, 0.2) is 16.4 Å². The Bertz CT molecular complexity index is 1610. The molecule has 0 saturated heterocycles. The molecule has 13 heteroatoms. The number of esters is 1. The second kappa shape index (κ2) is 13.2. The third-order valence-electron chi connectivity index (χ3n) is 6.02. The number of anilines is 1. The van der Waals surface area contributed by atoms with E-state index in [0.717, 1.165) is 16.1 Å². The van der Waals surface area contributed by atoms with Gasteiger partial charge >= 0.3 is 11.9 Å². The van der Waals surface area contributed by atoms with Crippen molar-refractivity contribution < 1.29 is 27.9 Å². The van der Waals surface area contributed by atoms with Crippen molar-refractivity contribution in [3.63, 3.8) is 0 Å². The van der Waals surface area contributed by atoms with Crippen LogP contribution in [-0.2, 0) is 30.7 Å². The van der Waals surface area contributed by atoms with E-state index < -0.39 is 45.2 Å². The van der Waals surface area contributed by atoms with E-state index in [9.17, 15) is 23.1 Å². The number of rotatable bonds is 12. The van der Waals surface area contributed by atoms with Crippen molar-refractivity contribution in [3.8, 4) is 10.6 Å². The lowest BCUT2D eigenvalue weighted by Gasteiger charge is -2.22. The summed E-state index contributed by atoms with van der Waals surface area (Å²) in [5, 5.41) is 16.8. The number of carbonyl (C=O) groups is 2. The number of nitrogens with zero attached hydrogens (tertiary/aromatic N) is 3. The van der Waals surface area contributed by atoms with E-state index in [1.807, 2.05) is 29.6 Å². The summed E-state index contributed by atoms with van der Waals surface area (Å²) in [4.78, 5) is 36.8. The van der Waals surface area contributed by atoms with Gasteiger partial charge in [0.2, 0.25) is 9.84 Å². The van der Waals surface area contributed by atoms with Gasteiger partial charge in [-0.05, 0) is 50.6 Å². The number of nitrogens with one attached hydrogen (secondary N) is 2. The van der Waals surface area contributed by atoms with Crippen LogP contribution < -0.4 is 10.6 Å². The summed E-state index contributed by atoms with van der Waals surface area (Å²) in [5.41, 5.74) is 1.10. The van der Waals surface area contributed by atoms with Crippen molar-refractivity contribution in [1.82, 2.24) is 20.3 Å². The van der Waals surface area contributed by atoms with Crippen LogP contribution in [0, 0.1) is 5.41 Å². The van der Waals surface area contributed by atoms with Crippen molar-refractivity contribution in [2.75, 3.05) is 11.9 Å². The molecule has 2 unspecified atom stereocenters. The number of carboxylic acid groups (broad SMARTS) is 1. The number of carbonyl (C=O) groups excluding carboxylic acids is 1. The van der Waals surface area contributed by atoms with Crippen molar-refractivity contribution >= 4 is 38.9 Å². The standard InChI is InChI=1S/C29H31N5O6S2/c1-29(2,3)28(37)40-18-22(27(35)36)34-23-8-6-7-21(33-23)26(42(38,39)24-9-4-5-14-30-24)32-17-19-10-12-20(13-11-19)25-31-15-16-41-25/h4-16,22,26,32H,17-18H2,1-3H3,(H,33,34)(H,35,36). The van der Waals surface area contributed by atoms with Gasteiger partial charge in [-0.1, -0.05) is 36.4 Å². The van der Waals surface area contributed by atoms with Gasteiger partial charge in [0.25, 0.3) is 0 Å². The molecule has 0 amide bonds. The Kier molecular flexibility index (Phi) is 9.66. The third kappa shape index (κ3) is 7.75. The van der Waals surface area contributed by atoms with Gasteiger partial charge in [0, 0.05) is 29.9 Å². The fraction of sp³-hybridized carbons (Fsp3) is 0.276. The molecule has 1 aromatic carbocycles. The lowest BCUT2D eigenvalue weighted by molar-refractivity contribution is -0.155. The number of sulfone groups is 1. The number of ether oxygens (including phenoxy) is 1. The average molecular weight is 610 g/mol. The van der Waals surface area contributed by atoms with Crippen LogP contribution in [0.25, 0.3) is 10.6 Å². The molecule has 220 valence electrons. The van der Waals surface area contributed by atoms with Crippen molar-refractivity contribution in [3.05, 3.63) is 89.7 Å². The molecule has 3 heterocycles. The summed E-state index contributed by atoms with van der Waals surface area (Å²) in [6, 6.07) is 15.5. The van der Waals surface area contributed by atoms with Crippen molar-refractivity contribution in [2.45, 2.75) is 43.8 Å². The molecule has 3 aromatic heterocycles. The van der Waals surface area contributed by atoms with Crippen LogP contribution in [0.5, 0.6) is 0 Å². The largest absolute Gasteiger partial charge is 0.480 e. The summed E-state index contributed by atoms with van der Waals surface area (Å²) in [6.45, 7) is 4.73. The van der Waals surface area contributed by atoms with Gasteiger partial charge in [0.05, 0.1) is 11.1 Å². The highest BCUT2D eigenvalue weighted by atomic mass is 32.2. The summed E-state index contributed by atoms with van der Waals surface area (Å²) >= 11 is 1.52. The second-order valence-electron chi connectivity index (χ2n) is 10.3. The highest BCUT2D eigenvalue weighted by Crippen LogP contribution is 2.27. The molecule has 4 rings (SSSR count). The number of aliphatic carboxylic acids is 1. The molecule has 0 radical (unpaired) electrons. The first-order valence-corrected chi connectivity index (χ1v) is 15.4. The molecule has 0 spiro atoms. The number of hydrogen-bond acceptors (Lipinski definition) is 11. The van der Waals surface area contributed by atoms with E-state index in [1.54, 1.807) is 45.2 Å². The summed E-state index contributed by atoms with van der Waals surface area (Å²) in [6.07, 6.45) is 3.12. The Hall–Kier alpha value is -4.20. The maximum Gasteiger partial charge on any atom is 0.329 e. The molecule has 0 aliphatic rings. The molecule has 3 N–H and O–H groups in total. The predicted molar refractivity (Wildman–Crippen MR) is 158 cm³/mol. The summed E-state index contributed by atoms with van der Waals surface area (Å²) < 4.78 is 32.6. The quantitative estimate of drug-likeness (QED) is 0.196. The first-order chi connectivity index (χ1) is 19.9. The van der Waals surface area contributed by atoms with Gasteiger partial charge in [0.1, 0.15) is 17.4 Å². The van der Waals surface area contributed by atoms with Gasteiger partial charge in [-0.2, -0.15) is 0 Å². The smallest absolute Gasteiger partial charge is 0.329 e. The zero-order valence-electron chi connectivity index (χ0n) is 23.2. The predicted octanol–water partition coefficient (Wildman–Crippen LogP) is 4.32. The zero-order valence-corrected chi connectivity index (χ0v) is 24.9. The molecule has 11 nitrogen and oxygen atoms in total. The minimum atomic E-state index is -4.07. The summed E-state index contributed by atoms with van der Waals surface area (Å²) in [7, 11) is -4.07. The van der Waals surface area contributed by atoms with E-state index >= 15 is 0 Å². The number of aromatic nitrogens is 3. The number of carboxylic acids is 1. The molecule has 4 aromatic rings. The Balaban J connectivity index is 1.58. The van der Waals surface area contributed by atoms with Gasteiger partial charge < -0.3 is 15.2 Å². The highest BCUT2D eigenvalue weighted by Gasteiger charge is 2.32. The maximum absolute atomic E-state index is 13.7. The van der Waals surface area contributed by atoms with E-state index in [2.05, 4.69) is 25.6 Å². The maximum atomic E-state index is 13.7. The van der Waals surface area contributed by atoms with Crippen LogP contribution in [-0.4, -0.2) is 53.1 Å². The van der Waals surface area contributed by atoms with Gasteiger partial charge in [-0.3, -0.25) is 10.1 Å². The Morgan fingerprint density at radius 1 is 1.00 bits per heavy atom. The fourth-order valence-electron chi connectivity index (χ4n) is 3.76. The van der Waals surface area contributed by atoms with Gasteiger partial charge in [-0.15, -0.1) is 11.3 Å². The third-order valence-corrected chi connectivity index (χ3v) is 8.69. The number of benzene rings is 1. The van der Waals surface area contributed by atoms with Crippen LogP contribution in [0.1, 0.15) is 37.4 Å². The van der Waals surface area contributed by atoms with E-state index in [0.29, 0.717) is 0 Å². The monoisotopic (exact) mass is 609 g/mol. The zero-order chi connectivity index (χ0) is 30.3. The molecule has 42 heavy (non-hydrogen) atoms. The molecule has 0 fully saturated rings. The molecule has 0 saturated carbocycles. The fourth-order valence-corrected chi connectivity index (χ4v) is 5.87. The summed E-state index contributed by atoms with van der Waals surface area (Å²) in [5.74, 6) is -1.72. The van der Waals surface area contributed by atoms with Crippen LogP contribution in [0.3, 0.4) is 0 Å². The highest BCUT2D eigenvalue weighted by molar-refractivity contribution is 7.91. The van der Waals surface area contributed by atoms with Crippen LogP contribution in [0.15, 0.2) is 83.5 Å². The Morgan fingerprint density at radius 2 is 1.76 bits per heavy atom. The Labute approximate surface area is 248 Å². The van der Waals surface area contributed by atoms with Crippen LogP contribution in [0.4, 0.5) is 5.82 Å². The molecule has 0 aliphatic carbocycles.